The molecule has 0 aliphatic heterocycles. The molecule has 1 heterocycles. The Hall–Kier alpha value is -1.61. The van der Waals surface area contributed by atoms with Crippen molar-refractivity contribution in [3.63, 3.8) is 0 Å². The first-order valence-electron chi connectivity index (χ1n) is 7.17. The van der Waals surface area contributed by atoms with Crippen LogP contribution in [0.15, 0.2) is 36.5 Å². The Morgan fingerprint density at radius 2 is 2.00 bits per heavy atom. The molecule has 0 aliphatic carbocycles. The molecule has 0 saturated carbocycles. The summed E-state index contributed by atoms with van der Waals surface area (Å²) >= 11 is 0. The Morgan fingerprint density at radius 3 is 2.75 bits per heavy atom. The average molecular weight is 272 g/mol. The highest BCUT2D eigenvalue weighted by Gasteiger charge is 2.19. The van der Waals surface area contributed by atoms with Crippen LogP contribution in [0.2, 0.25) is 0 Å². The van der Waals surface area contributed by atoms with Gasteiger partial charge in [-0.15, -0.1) is 0 Å². The lowest BCUT2D eigenvalue weighted by Crippen LogP contribution is -2.37. The quantitative estimate of drug-likeness (QED) is 0.871. The van der Waals surface area contributed by atoms with E-state index in [1.165, 1.54) is 0 Å². The summed E-state index contributed by atoms with van der Waals surface area (Å²) in [6, 6.07) is 10.6. The van der Waals surface area contributed by atoms with Crippen LogP contribution >= 0.6 is 0 Å². The minimum absolute atomic E-state index is 0.0932. The maximum atomic E-state index is 5.91. The van der Waals surface area contributed by atoms with Crippen molar-refractivity contribution in [2.45, 2.75) is 33.7 Å². The van der Waals surface area contributed by atoms with E-state index in [-0.39, 0.29) is 5.41 Å². The number of para-hydroxylation sites is 1. The second-order valence-corrected chi connectivity index (χ2v) is 6.35. The fourth-order valence-electron chi connectivity index (χ4n) is 1.94. The van der Waals surface area contributed by atoms with Crippen LogP contribution in [0.3, 0.4) is 0 Å². The molecular formula is C17H24N2O. The summed E-state index contributed by atoms with van der Waals surface area (Å²) in [5.74, 6) is 0.835. The fraction of sp³-hybridized carbons (Fsp3) is 0.471. The third kappa shape index (κ3) is 4.20. The molecule has 2 rings (SSSR count). The van der Waals surface area contributed by atoms with E-state index < -0.39 is 0 Å². The third-order valence-electron chi connectivity index (χ3n) is 3.18. The van der Waals surface area contributed by atoms with Gasteiger partial charge in [-0.05, 0) is 12.1 Å². The first-order valence-corrected chi connectivity index (χ1v) is 7.17. The van der Waals surface area contributed by atoms with Gasteiger partial charge in [0.2, 0.25) is 0 Å². The monoisotopic (exact) mass is 272 g/mol. The number of nitrogens with one attached hydrogen (secondary N) is 1. The molecule has 0 radical (unpaired) electrons. The van der Waals surface area contributed by atoms with Crippen LogP contribution in [-0.2, 0) is 0 Å². The highest BCUT2D eigenvalue weighted by atomic mass is 16.5. The first-order chi connectivity index (χ1) is 9.46. The number of aromatic nitrogens is 1. The summed E-state index contributed by atoms with van der Waals surface area (Å²) < 4.78 is 5.91. The van der Waals surface area contributed by atoms with Gasteiger partial charge in [0.25, 0.3) is 0 Å². The van der Waals surface area contributed by atoms with Crippen LogP contribution in [0.5, 0.6) is 5.75 Å². The van der Waals surface area contributed by atoms with Crippen LogP contribution in [0, 0.1) is 5.41 Å². The van der Waals surface area contributed by atoms with Crippen LogP contribution in [0.25, 0.3) is 10.9 Å². The van der Waals surface area contributed by atoms with Gasteiger partial charge >= 0.3 is 0 Å². The maximum absolute atomic E-state index is 5.91. The lowest BCUT2D eigenvalue weighted by Gasteiger charge is -2.26. The lowest BCUT2D eigenvalue weighted by molar-refractivity contribution is 0.173. The standard InChI is InChI=1S/C17H24N2O/c1-13(2)19-11-17(3,4)12-20-15-9-14-7-5-6-8-16(14)18-10-15/h5-10,13,19H,11-12H2,1-4H3. The molecule has 1 aromatic heterocycles. The molecule has 1 aromatic carbocycles. The molecule has 1 N–H and O–H groups in total. The largest absolute Gasteiger partial charge is 0.491 e. The predicted molar refractivity (Wildman–Crippen MR) is 84.2 cm³/mol. The van der Waals surface area contributed by atoms with Crippen LogP contribution in [0.1, 0.15) is 27.7 Å². The lowest BCUT2D eigenvalue weighted by atomic mass is 9.94. The minimum Gasteiger partial charge on any atom is -0.491 e. The molecule has 20 heavy (non-hydrogen) atoms. The number of fused-ring (bicyclic) bond motifs is 1. The number of rotatable bonds is 6. The van der Waals surface area contributed by atoms with E-state index in [9.17, 15) is 0 Å². The van der Waals surface area contributed by atoms with E-state index in [0.717, 1.165) is 23.2 Å². The van der Waals surface area contributed by atoms with E-state index in [1.54, 1.807) is 6.20 Å². The molecule has 0 amide bonds. The molecule has 0 saturated heterocycles. The van der Waals surface area contributed by atoms with E-state index in [0.29, 0.717) is 12.6 Å². The van der Waals surface area contributed by atoms with Crippen molar-refractivity contribution >= 4 is 10.9 Å². The smallest absolute Gasteiger partial charge is 0.138 e. The van der Waals surface area contributed by atoms with Crippen molar-refractivity contribution in [1.82, 2.24) is 10.3 Å². The van der Waals surface area contributed by atoms with Crippen molar-refractivity contribution in [2.24, 2.45) is 5.41 Å². The molecule has 0 atom stereocenters. The van der Waals surface area contributed by atoms with E-state index in [4.69, 9.17) is 4.74 Å². The number of benzene rings is 1. The summed E-state index contributed by atoms with van der Waals surface area (Å²) in [6.45, 7) is 10.3. The number of hydrogen-bond donors (Lipinski definition) is 1. The zero-order chi connectivity index (χ0) is 14.6. The summed E-state index contributed by atoms with van der Waals surface area (Å²) in [5.41, 5.74) is 1.09. The van der Waals surface area contributed by atoms with E-state index in [1.807, 2.05) is 24.3 Å². The third-order valence-corrected chi connectivity index (χ3v) is 3.18. The maximum Gasteiger partial charge on any atom is 0.138 e. The normalized spacial score (nSPS) is 12.1. The minimum atomic E-state index is 0.0932. The number of nitrogens with zero attached hydrogens (tertiary/aromatic N) is 1. The van der Waals surface area contributed by atoms with Gasteiger partial charge in [-0.3, -0.25) is 4.98 Å². The highest BCUT2D eigenvalue weighted by molar-refractivity contribution is 5.79. The molecule has 3 nitrogen and oxygen atoms in total. The second kappa shape index (κ2) is 6.23. The predicted octanol–water partition coefficient (Wildman–Crippen LogP) is 3.64. The van der Waals surface area contributed by atoms with Gasteiger partial charge < -0.3 is 10.1 Å². The average Bonchev–Trinajstić information content (AvgIpc) is 2.43. The van der Waals surface area contributed by atoms with Gasteiger partial charge in [0, 0.05) is 23.4 Å². The van der Waals surface area contributed by atoms with Crippen molar-refractivity contribution in [3.8, 4) is 5.75 Å². The summed E-state index contributed by atoms with van der Waals surface area (Å²) in [6.07, 6.45) is 1.80. The van der Waals surface area contributed by atoms with Gasteiger partial charge in [0.05, 0.1) is 18.3 Å². The molecule has 0 aliphatic rings. The summed E-state index contributed by atoms with van der Waals surface area (Å²) in [7, 11) is 0. The number of hydrogen-bond acceptors (Lipinski definition) is 3. The summed E-state index contributed by atoms with van der Waals surface area (Å²) in [5, 5.41) is 4.57. The van der Waals surface area contributed by atoms with Gasteiger partial charge in [0.15, 0.2) is 0 Å². The number of ether oxygens (including phenoxy) is 1. The Kier molecular flexibility index (Phi) is 4.61. The Morgan fingerprint density at radius 1 is 1.25 bits per heavy atom. The molecule has 0 spiro atoms. The van der Waals surface area contributed by atoms with Crippen LogP contribution < -0.4 is 10.1 Å². The van der Waals surface area contributed by atoms with Gasteiger partial charge in [-0.1, -0.05) is 45.9 Å². The highest BCUT2D eigenvalue weighted by Crippen LogP contribution is 2.21. The SMILES string of the molecule is CC(C)NCC(C)(C)COc1cnc2ccccc2c1. The molecule has 0 fully saturated rings. The molecule has 3 heteroatoms. The topological polar surface area (TPSA) is 34.1 Å². The molecule has 108 valence electrons. The van der Waals surface area contributed by atoms with Crippen LogP contribution in [-0.4, -0.2) is 24.2 Å². The van der Waals surface area contributed by atoms with E-state index >= 15 is 0 Å². The van der Waals surface area contributed by atoms with Crippen molar-refractivity contribution in [2.75, 3.05) is 13.2 Å². The zero-order valence-corrected chi connectivity index (χ0v) is 12.8. The van der Waals surface area contributed by atoms with Crippen molar-refractivity contribution < 1.29 is 4.74 Å². The molecule has 2 aromatic rings. The number of pyridine rings is 1. The Balaban J connectivity index is 1.98. The van der Waals surface area contributed by atoms with Crippen molar-refractivity contribution in [1.29, 1.82) is 0 Å². The Labute approximate surface area is 121 Å². The van der Waals surface area contributed by atoms with Gasteiger partial charge in [-0.25, -0.2) is 0 Å². The molecule has 0 bridgehead atoms. The van der Waals surface area contributed by atoms with Gasteiger partial charge in [-0.2, -0.15) is 0 Å². The van der Waals surface area contributed by atoms with Gasteiger partial charge in [0.1, 0.15) is 5.75 Å². The second-order valence-electron chi connectivity index (χ2n) is 6.35. The first kappa shape index (κ1) is 14.8. The summed E-state index contributed by atoms with van der Waals surface area (Å²) in [4.78, 5) is 4.42. The van der Waals surface area contributed by atoms with Crippen molar-refractivity contribution in [3.05, 3.63) is 36.5 Å². The zero-order valence-electron chi connectivity index (χ0n) is 12.8. The van der Waals surface area contributed by atoms with E-state index in [2.05, 4.69) is 44.1 Å². The van der Waals surface area contributed by atoms with Crippen LogP contribution in [0.4, 0.5) is 0 Å². The fourth-order valence-corrected chi connectivity index (χ4v) is 1.94. The molecular weight excluding hydrogens is 248 g/mol. The molecule has 0 unspecified atom stereocenters. The Bertz CT molecular complexity index is 564.